The van der Waals surface area contributed by atoms with Crippen LogP contribution < -0.4 is 0 Å². The van der Waals surface area contributed by atoms with Crippen LogP contribution in [0, 0.1) is 17.3 Å². The number of rotatable bonds is 3. The van der Waals surface area contributed by atoms with Crippen molar-refractivity contribution in [3.63, 3.8) is 0 Å². The van der Waals surface area contributed by atoms with Gasteiger partial charge in [-0.1, -0.05) is 25.2 Å². The van der Waals surface area contributed by atoms with Crippen molar-refractivity contribution in [2.45, 2.75) is 70.8 Å². The zero-order valence-electron chi connectivity index (χ0n) is 15.9. The highest BCUT2D eigenvalue weighted by atomic mass is 16.5. The fraction of sp³-hybridized carbons (Fsp3) is 0.905. The molecule has 0 aromatic rings. The average molecular weight is 333 g/mol. The van der Waals surface area contributed by atoms with Crippen molar-refractivity contribution in [1.29, 1.82) is 0 Å². The number of hydrogen-bond acceptors (Lipinski definition) is 3. The number of hydrogen-bond donors (Lipinski definition) is 0. The molecule has 0 amide bonds. The lowest BCUT2D eigenvalue weighted by atomic mass is 9.68. The van der Waals surface area contributed by atoms with Gasteiger partial charge in [-0.25, -0.2) is 0 Å². The predicted octanol–water partition coefficient (Wildman–Crippen LogP) is 3.54. The van der Waals surface area contributed by atoms with Gasteiger partial charge < -0.3 is 4.74 Å². The number of ether oxygens (including phenoxy) is 1. The first-order valence-electron chi connectivity index (χ1n) is 10.2. The lowest BCUT2D eigenvalue weighted by molar-refractivity contribution is -0.132. The zero-order chi connectivity index (χ0) is 16.9. The molecule has 1 spiro atoms. The van der Waals surface area contributed by atoms with Gasteiger partial charge in [0.1, 0.15) is 0 Å². The van der Waals surface area contributed by atoms with E-state index in [-0.39, 0.29) is 5.60 Å². The molecule has 24 heavy (non-hydrogen) atoms. The van der Waals surface area contributed by atoms with E-state index < -0.39 is 0 Å². The van der Waals surface area contributed by atoms with Crippen LogP contribution in [0.5, 0.6) is 0 Å². The van der Waals surface area contributed by atoms with E-state index in [0.717, 1.165) is 26.1 Å². The van der Waals surface area contributed by atoms with Crippen molar-refractivity contribution in [3.05, 3.63) is 0 Å². The van der Waals surface area contributed by atoms with Gasteiger partial charge in [-0.2, -0.15) is 0 Å². The van der Waals surface area contributed by atoms with Gasteiger partial charge in [0.25, 0.3) is 0 Å². The minimum absolute atomic E-state index is 0.0984. The van der Waals surface area contributed by atoms with E-state index in [0.29, 0.717) is 5.41 Å². The first kappa shape index (κ1) is 18.2. The Bertz CT molecular complexity index is 458. The summed E-state index contributed by atoms with van der Waals surface area (Å²) >= 11 is 0. The molecule has 3 heteroatoms. The van der Waals surface area contributed by atoms with Gasteiger partial charge in [-0.05, 0) is 76.9 Å². The van der Waals surface area contributed by atoms with Crippen molar-refractivity contribution in [2.75, 3.05) is 45.9 Å². The first-order valence-corrected chi connectivity index (χ1v) is 10.2. The van der Waals surface area contributed by atoms with Crippen LogP contribution in [0.15, 0.2) is 0 Å². The van der Waals surface area contributed by atoms with E-state index >= 15 is 0 Å². The lowest BCUT2D eigenvalue weighted by Crippen LogP contribution is -2.51. The molecular formula is C21H36N2O. The van der Waals surface area contributed by atoms with Crippen molar-refractivity contribution < 1.29 is 4.74 Å². The molecule has 3 nitrogen and oxygen atoms in total. The molecular weight excluding hydrogens is 296 g/mol. The summed E-state index contributed by atoms with van der Waals surface area (Å²) in [5.74, 6) is 6.89. The van der Waals surface area contributed by atoms with Crippen LogP contribution in [-0.2, 0) is 4.74 Å². The zero-order valence-corrected chi connectivity index (χ0v) is 15.9. The van der Waals surface area contributed by atoms with Crippen molar-refractivity contribution in [1.82, 2.24) is 9.80 Å². The predicted molar refractivity (Wildman–Crippen MR) is 100 cm³/mol. The molecule has 2 atom stereocenters. The Labute approximate surface area is 149 Å². The minimum atomic E-state index is 0.0984. The maximum atomic E-state index is 6.09. The molecule has 0 aliphatic carbocycles. The molecule has 0 aromatic heterocycles. The highest BCUT2D eigenvalue weighted by Gasteiger charge is 2.44. The summed E-state index contributed by atoms with van der Waals surface area (Å²) in [4.78, 5) is 5.12. The molecule has 3 fully saturated rings. The molecule has 136 valence electrons. The third-order valence-electron chi connectivity index (χ3n) is 6.50. The summed E-state index contributed by atoms with van der Waals surface area (Å²) < 4.78 is 6.09. The second kappa shape index (κ2) is 8.21. The van der Waals surface area contributed by atoms with Gasteiger partial charge in [0.15, 0.2) is 0 Å². The van der Waals surface area contributed by atoms with Crippen LogP contribution >= 0.6 is 0 Å². The lowest BCUT2D eigenvalue weighted by Gasteiger charge is -2.50. The van der Waals surface area contributed by atoms with E-state index in [9.17, 15) is 0 Å². The van der Waals surface area contributed by atoms with E-state index in [1.54, 1.807) is 0 Å². The number of nitrogens with zero attached hydrogens (tertiary/aromatic N) is 2. The Morgan fingerprint density at radius 2 is 1.62 bits per heavy atom. The van der Waals surface area contributed by atoms with Crippen LogP contribution in [0.3, 0.4) is 0 Å². The molecule has 0 bridgehead atoms. The maximum Gasteiger partial charge on any atom is 0.0657 e. The van der Waals surface area contributed by atoms with Crippen LogP contribution in [0.1, 0.15) is 65.2 Å². The van der Waals surface area contributed by atoms with Crippen LogP contribution in [0.2, 0.25) is 0 Å². The minimum Gasteiger partial charge on any atom is -0.375 e. The number of piperidine rings is 2. The molecule has 3 rings (SSSR count). The van der Waals surface area contributed by atoms with Gasteiger partial charge in [0, 0.05) is 13.2 Å². The van der Waals surface area contributed by atoms with Crippen LogP contribution in [-0.4, -0.2) is 61.3 Å². The SMILES string of the molecule is CC[C@]1(C)C[C@]2(CCCN(CC#CCN3CCCCC3)C2)CCO1. The van der Waals surface area contributed by atoms with E-state index in [2.05, 4.69) is 35.5 Å². The standard InChI is InChI=1S/C21H36N2O/c1-3-20(2)18-21(11-17-24-20)10-9-16-23(19-21)15-8-7-14-22-12-5-4-6-13-22/h3-6,9-19H2,1-2H3/t20-,21+/m1/s1. The molecule has 0 aromatic carbocycles. The van der Waals surface area contributed by atoms with Gasteiger partial charge in [-0.15, -0.1) is 0 Å². The highest BCUT2D eigenvalue weighted by Crippen LogP contribution is 2.45. The smallest absolute Gasteiger partial charge is 0.0657 e. The van der Waals surface area contributed by atoms with E-state index in [4.69, 9.17) is 4.74 Å². The molecule has 0 unspecified atom stereocenters. The molecule has 3 aliphatic rings. The molecule has 0 radical (unpaired) electrons. The summed E-state index contributed by atoms with van der Waals surface area (Å²) in [6, 6.07) is 0. The summed E-state index contributed by atoms with van der Waals surface area (Å²) in [7, 11) is 0. The Balaban J connectivity index is 1.49. The third kappa shape index (κ3) is 4.75. The maximum absolute atomic E-state index is 6.09. The summed E-state index contributed by atoms with van der Waals surface area (Å²) in [5.41, 5.74) is 0.580. The van der Waals surface area contributed by atoms with Gasteiger partial charge in [0.05, 0.1) is 18.7 Å². The van der Waals surface area contributed by atoms with Crippen LogP contribution in [0.4, 0.5) is 0 Å². The van der Waals surface area contributed by atoms with Gasteiger partial charge in [-0.3, -0.25) is 9.80 Å². The Hall–Kier alpha value is -0.560. The molecule has 3 heterocycles. The van der Waals surface area contributed by atoms with Crippen molar-refractivity contribution >= 4 is 0 Å². The Kier molecular flexibility index (Phi) is 6.24. The molecule has 0 N–H and O–H groups in total. The first-order chi connectivity index (χ1) is 11.6. The summed E-state index contributed by atoms with van der Waals surface area (Å²) in [5, 5.41) is 0. The highest BCUT2D eigenvalue weighted by molar-refractivity contribution is 5.05. The number of likely N-dealkylation sites (tertiary alicyclic amines) is 2. The topological polar surface area (TPSA) is 15.7 Å². The van der Waals surface area contributed by atoms with Gasteiger partial charge >= 0.3 is 0 Å². The normalized spacial score (nSPS) is 35.6. The average Bonchev–Trinajstić information content (AvgIpc) is 2.60. The second-order valence-electron chi connectivity index (χ2n) is 8.58. The Morgan fingerprint density at radius 1 is 0.917 bits per heavy atom. The van der Waals surface area contributed by atoms with Crippen LogP contribution in [0.25, 0.3) is 0 Å². The monoisotopic (exact) mass is 332 g/mol. The van der Waals surface area contributed by atoms with E-state index in [1.807, 2.05) is 0 Å². The molecule has 3 aliphatic heterocycles. The third-order valence-corrected chi connectivity index (χ3v) is 6.50. The summed E-state index contributed by atoms with van der Waals surface area (Å²) in [6.45, 7) is 12.4. The summed E-state index contributed by atoms with van der Waals surface area (Å²) in [6.07, 6.45) is 10.4. The van der Waals surface area contributed by atoms with Crippen molar-refractivity contribution in [3.8, 4) is 11.8 Å². The molecule has 0 saturated carbocycles. The van der Waals surface area contributed by atoms with Crippen molar-refractivity contribution in [2.24, 2.45) is 5.41 Å². The fourth-order valence-corrected chi connectivity index (χ4v) is 4.92. The Morgan fingerprint density at radius 3 is 2.38 bits per heavy atom. The van der Waals surface area contributed by atoms with E-state index in [1.165, 1.54) is 71.1 Å². The largest absolute Gasteiger partial charge is 0.375 e. The fourth-order valence-electron chi connectivity index (χ4n) is 4.92. The second-order valence-corrected chi connectivity index (χ2v) is 8.58. The quantitative estimate of drug-likeness (QED) is 0.735. The molecule has 3 saturated heterocycles. The van der Waals surface area contributed by atoms with Gasteiger partial charge in [0.2, 0.25) is 0 Å².